The summed E-state index contributed by atoms with van der Waals surface area (Å²) in [6, 6.07) is 4.47. The van der Waals surface area contributed by atoms with Crippen LogP contribution in [0.1, 0.15) is 19.8 Å². The zero-order valence-electron chi connectivity index (χ0n) is 12.0. The van der Waals surface area contributed by atoms with E-state index in [0.29, 0.717) is 23.6 Å². The summed E-state index contributed by atoms with van der Waals surface area (Å²) < 4.78 is 15.0. The molecule has 1 aliphatic heterocycles. The zero-order valence-corrected chi connectivity index (χ0v) is 12.0. The molecule has 0 spiro atoms. The van der Waals surface area contributed by atoms with Crippen molar-refractivity contribution in [2.45, 2.75) is 25.8 Å². The molecule has 21 heavy (non-hydrogen) atoms. The number of esters is 1. The maximum atomic E-state index is 11.9. The van der Waals surface area contributed by atoms with Crippen LogP contribution >= 0.6 is 0 Å². The van der Waals surface area contributed by atoms with Crippen LogP contribution in [0.5, 0.6) is 11.5 Å². The summed E-state index contributed by atoms with van der Waals surface area (Å²) in [5.74, 6) is 0.887. The van der Waals surface area contributed by atoms with Crippen molar-refractivity contribution in [3.63, 3.8) is 0 Å². The van der Waals surface area contributed by atoms with E-state index < -0.39 is 0 Å². The van der Waals surface area contributed by atoms with Crippen molar-refractivity contribution in [1.29, 1.82) is 0 Å². The number of carbonyl (C=O) groups excluding carboxylic acids is 2. The molecule has 2 amide bonds. The van der Waals surface area contributed by atoms with Crippen LogP contribution in [-0.2, 0) is 9.53 Å². The van der Waals surface area contributed by atoms with Crippen LogP contribution in [0.4, 0.5) is 10.5 Å². The highest BCUT2D eigenvalue weighted by molar-refractivity contribution is 5.90. The number of ether oxygens (including phenoxy) is 3. The highest BCUT2D eigenvalue weighted by Gasteiger charge is 2.17. The lowest BCUT2D eigenvalue weighted by atomic mass is 10.1. The van der Waals surface area contributed by atoms with Crippen LogP contribution in [-0.4, -0.2) is 31.9 Å². The van der Waals surface area contributed by atoms with Crippen molar-refractivity contribution >= 4 is 17.7 Å². The standard InChI is InChI=1S/C14H18N2O5/c1-3-9(7-13(17)19-2)15-14(18)16-10-4-5-11-12(6-10)21-8-20-11/h4-6,9H,3,7-8H2,1-2H3,(H2,15,16,18). The summed E-state index contributed by atoms with van der Waals surface area (Å²) >= 11 is 0. The largest absolute Gasteiger partial charge is 0.469 e. The molecule has 2 N–H and O–H groups in total. The molecule has 1 aromatic rings. The molecule has 1 unspecified atom stereocenters. The fraction of sp³-hybridized carbons (Fsp3) is 0.429. The van der Waals surface area contributed by atoms with Gasteiger partial charge >= 0.3 is 12.0 Å². The number of fused-ring (bicyclic) bond motifs is 1. The molecule has 0 radical (unpaired) electrons. The molecule has 0 aliphatic carbocycles. The van der Waals surface area contributed by atoms with Gasteiger partial charge in [0.15, 0.2) is 11.5 Å². The second kappa shape index (κ2) is 6.83. The summed E-state index contributed by atoms with van der Waals surface area (Å²) in [6.45, 7) is 2.07. The number of carbonyl (C=O) groups is 2. The molecule has 0 bridgehead atoms. The van der Waals surface area contributed by atoms with Crippen LogP contribution in [0.2, 0.25) is 0 Å². The van der Waals surface area contributed by atoms with E-state index in [-0.39, 0.29) is 31.3 Å². The van der Waals surface area contributed by atoms with Crippen LogP contribution in [0.15, 0.2) is 18.2 Å². The minimum absolute atomic E-state index is 0.140. The average molecular weight is 294 g/mol. The lowest BCUT2D eigenvalue weighted by molar-refractivity contribution is -0.141. The number of anilines is 1. The third kappa shape index (κ3) is 4.01. The highest BCUT2D eigenvalue weighted by atomic mass is 16.7. The summed E-state index contributed by atoms with van der Waals surface area (Å²) in [4.78, 5) is 23.1. The molecule has 0 aromatic heterocycles. The van der Waals surface area contributed by atoms with E-state index in [1.807, 2.05) is 6.92 Å². The lowest BCUT2D eigenvalue weighted by Crippen LogP contribution is -2.39. The van der Waals surface area contributed by atoms with Gasteiger partial charge in [-0.15, -0.1) is 0 Å². The van der Waals surface area contributed by atoms with Gasteiger partial charge in [-0.2, -0.15) is 0 Å². The topological polar surface area (TPSA) is 85.9 Å². The Hall–Kier alpha value is -2.44. The molecule has 1 atom stereocenters. The van der Waals surface area contributed by atoms with E-state index in [0.717, 1.165) is 0 Å². The number of hydrogen-bond donors (Lipinski definition) is 2. The van der Waals surface area contributed by atoms with Crippen molar-refractivity contribution in [2.75, 3.05) is 19.2 Å². The summed E-state index contributed by atoms with van der Waals surface area (Å²) in [5.41, 5.74) is 0.588. The van der Waals surface area contributed by atoms with Gasteiger partial charge in [-0.1, -0.05) is 6.92 Å². The molecule has 0 fully saturated rings. The van der Waals surface area contributed by atoms with Crippen molar-refractivity contribution in [2.24, 2.45) is 0 Å². The van der Waals surface area contributed by atoms with Crippen molar-refractivity contribution in [1.82, 2.24) is 5.32 Å². The van der Waals surface area contributed by atoms with Crippen LogP contribution in [0.3, 0.4) is 0 Å². The molecule has 7 heteroatoms. The Morgan fingerprint density at radius 3 is 2.81 bits per heavy atom. The molecule has 114 valence electrons. The van der Waals surface area contributed by atoms with Gasteiger partial charge in [0, 0.05) is 17.8 Å². The number of benzene rings is 1. The van der Waals surface area contributed by atoms with Crippen molar-refractivity contribution in [3.8, 4) is 11.5 Å². The Kier molecular flexibility index (Phi) is 4.86. The Morgan fingerprint density at radius 1 is 1.33 bits per heavy atom. The van der Waals surface area contributed by atoms with Gasteiger partial charge in [0.05, 0.1) is 13.5 Å². The second-order valence-electron chi connectivity index (χ2n) is 4.55. The SMILES string of the molecule is CCC(CC(=O)OC)NC(=O)Nc1ccc2c(c1)OCO2. The number of methoxy groups -OCH3 is 1. The van der Waals surface area contributed by atoms with Crippen LogP contribution in [0.25, 0.3) is 0 Å². The van der Waals surface area contributed by atoms with Gasteiger partial charge in [0.25, 0.3) is 0 Å². The number of rotatable bonds is 5. The minimum Gasteiger partial charge on any atom is -0.469 e. The first kappa shape index (κ1) is 15.0. The van der Waals surface area contributed by atoms with Gasteiger partial charge in [0.1, 0.15) is 0 Å². The Bertz CT molecular complexity index is 532. The molecule has 1 heterocycles. The summed E-state index contributed by atoms with van der Waals surface area (Å²) in [7, 11) is 1.32. The first-order valence-corrected chi connectivity index (χ1v) is 6.66. The Balaban J connectivity index is 1.90. The average Bonchev–Trinajstić information content (AvgIpc) is 2.93. The predicted molar refractivity (Wildman–Crippen MR) is 75.4 cm³/mol. The van der Waals surface area contributed by atoms with Gasteiger partial charge < -0.3 is 24.8 Å². The molecular formula is C14H18N2O5. The quantitative estimate of drug-likeness (QED) is 0.810. The number of amides is 2. The van der Waals surface area contributed by atoms with Gasteiger partial charge in [-0.25, -0.2) is 4.79 Å². The fourth-order valence-electron chi connectivity index (χ4n) is 1.91. The molecule has 0 saturated carbocycles. The summed E-state index contributed by atoms with van der Waals surface area (Å²) in [5, 5.41) is 5.42. The fourth-order valence-corrected chi connectivity index (χ4v) is 1.91. The normalized spacial score (nSPS) is 13.4. The third-order valence-electron chi connectivity index (χ3n) is 3.10. The van der Waals surface area contributed by atoms with Gasteiger partial charge in [-0.05, 0) is 18.6 Å². The summed E-state index contributed by atoms with van der Waals surface area (Å²) in [6.07, 6.45) is 0.769. The maximum Gasteiger partial charge on any atom is 0.319 e. The lowest BCUT2D eigenvalue weighted by Gasteiger charge is -2.16. The van der Waals surface area contributed by atoms with Crippen LogP contribution < -0.4 is 20.1 Å². The second-order valence-corrected chi connectivity index (χ2v) is 4.55. The number of urea groups is 1. The molecule has 0 saturated heterocycles. The zero-order chi connectivity index (χ0) is 15.2. The maximum absolute atomic E-state index is 11.9. The smallest absolute Gasteiger partial charge is 0.319 e. The monoisotopic (exact) mass is 294 g/mol. The minimum atomic E-state index is -0.385. The first-order valence-electron chi connectivity index (χ1n) is 6.66. The highest BCUT2D eigenvalue weighted by Crippen LogP contribution is 2.34. The van der Waals surface area contributed by atoms with Crippen LogP contribution in [0, 0.1) is 0 Å². The van der Waals surface area contributed by atoms with Gasteiger partial charge in [0.2, 0.25) is 6.79 Å². The van der Waals surface area contributed by atoms with E-state index in [4.69, 9.17) is 9.47 Å². The molecule has 1 aromatic carbocycles. The van der Waals surface area contributed by atoms with Crippen molar-refractivity contribution < 1.29 is 23.8 Å². The van der Waals surface area contributed by atoms with E-state index in [9.17, 15) is 9.59 Å². The Morgan fingerprint density at radius 2 is 2.10 bits per heavy atom. The van der Waals surface area contributed by atoms with E-state index in [1.165, 1.54) is 7.11 Å². The molecule has 2 rings (SSSR count). The Labute approximate surface area is 122 Å². The van der Waals surface area contributed by atoms with E-state index >= 15 is 0 Å². The predicted octanol–water partition coefficient (Wildman–Crippen LogP) is 1.88. The molecule has 1 aliphatic rings. The number of hydrogen-bond acceptors (Lipinski definition) is 5. The number of nitrogens with one attached hydrogen (secondary N) is 2. The van der Waals surface area contributed by atoms with Crippen molar-refractivity contribution in [3.05, 3.63) is 18.2 Å². The van der Waals surface area contributed by atoms with E-state index in [1.54, 1.807) is 18.2 Å². The first-order chi connectivity index (χ1) is 10.1. The molecule has 7 nitrogen and oxygen atoms in total. The van der Waals surface area contributed by atoms with Gasteiger partial charge in [-0.3, -0.25) is 4.79 Å². The van der Waals surface area contributed by atoms with E-state index in [2.05, 4.69) is 15.4 Å². The molecular weight excluding hydrogens is 276 g/mol. The third-order valence-corrected chi connectivity index (χ3v) is 3.10.